The molecule has 0 aromatic heterocycles. The summed E-state index contributed by atoms with van der Waals surface area (Å²) in [6.45, 7) is 10.8. The minimum atomic E-state index is 0. The number of aliphatic imine (C=N–C) groups is 2. The van der Waals surface area contributed by atoms with Gasteiger partial charge in [0.15, 0.2) is 0 Å². The van der Waals surface area contributed by atoms with Crippen LogP contribution in [0.3, 0.4) is 0 Å². The van der Waals surface area contributed by atoms with Crippen molar-refractivity contribution >= 4 is 23.3 Å². The normalized spacial score (nSPS) is 11.7. The predicted molar refractivity (Wildman–Crippen MR) is 116 cm³/mol. The van der Waals surface area contributed by atoms with Gasteiger partial charge in [-0.1, -0.05) is 38.3 Å². The molecule has 0 fully saturated rings. The van der Waals surface area contributed by atoms with E-state index in [2.05, 4.69) is 76.0 Å². The van der Waals surface area contributed by atoms with E-state index in [0.717, 1.165) is 29.9 Å². The van der Waals surface area contributed by atoms with E-state index in [1.807, 2.05) is 6.21 Å². The van der Waals surface area contributed by atoms with Crippen LogP contribution in [0.2, 0.25) is 0 Å². The summed E-state index contributed by atoms with van der Waals surface area (Å²) in [4.78, 5) is 9.57. The average Bonchev–Trinajstić information content (AvgIpc) is 2.62. The van der Waals surface area contributed by atoms with Crippen LogP contribution in [0.1, 0.15) is 61.3 Å². The second kappa shape index (κ2) is 11.9. The molecule has 0 saturated heterocycles. The molecule has 27 heavy (non-hydrogen) atoms. The maximum Gasteiger partial charge on any atom is 0.0636 e. The SMILES string of the molecule is CCCCCCC(C=Nc1ccc(C)c(C)c1)=Nc1ccc(C)c(C)c1.[Ni]. The molecule has 148 valence electrons. The fourth-order valence-corrected chi connectivity index (χ4v) is 2.80. The molecular weight excluding hydrogens is 375 g/mol. The van der Waals surface area contributed by atoms with Crippen molar-refractivity contribution in [3.63, 3.8) is 0 Å². The van der Waals surface area contributed by atoms with Gasteiger partial charge in [0.05, 0.1) is 17.1 Å². The molecule has 0 heterocycles. The summed E-state index contributed by atoms with van der Waals surface area (Å²) in [7, 11) is 0. The summed E-state index contributed by atoms with van der Waals surface area (Å²) in [6, 6.07) is 12.7. The molecule has 0 aliphatic rings. The van der Waals surface area contributed by atoms with Crippen LogP contribution >= 0.6 is 0 Å². The van der Waals surface area contributed by atoms with E-state index in [9.17, 15) is 0 Å². The Labute approximate surface area is 175 Å². The van der Waals surface area contributed by atoms with Crippen molar-refractivity contribution in [2.24, 2.45) is 9.98 Å². The number of aryl methyl sites for hydroxylation is 4. The zero-order valence-electron chi connectivity index (χ0n) is 17.3. The Morgan fingerprint density at radius 2 is 1.37 bits per heavy atom. The van der Waals surface area contributed by atoms with Crippen molar-refractivity contribution in [1.29, 1.82) is 0 Å². The van der Waals surface area contributed by atoms with Crippen molar-refractivity contribution < 1.29 is 16.5 Å². The van der Waals surface area contributed by atoms with Gasteiger partial charge in [-0.2, -0.15) is 0 Å². The van der Waals surface area contributed by atoms with Gasteiger partial charge in [-0.05, 0) is 87.1 Å². The number of nitrogens with zero attached hydrogens (tertiary/aromatic N) is 2. The maximum absolute atomic E-state index is 4.88. The van der Waals surface area contributed by atoms with Crippen LogP contribution in [0.15, 0.2) is 46.4 Å². The fraction of sp³-hybridized carbons (Fsp3) is 0.417. The molecular formula is C24H32N2Ni. The Balaban J connectivity index is 0.00000364. The summed E-state index contributed by atoms with van der Waals surface area (Å²) >= 11 is 0. The standard InChI is InChI=1S/C24H32N2.Ni/c1-6-7-8-9-10-24(26-23-14-12-19(3)21(5)16-23)17-25-22-13-11-18(2)20(4)15-22;/h11-17H,6-10H2,1-5H3;. The topological polar surface area (TPSA) is 24.7 Å². The van der Waals surface area contributed by atoms with Gasteiger partial charge in [-0.25, -0.2) is 0 Å². The van der Waals surface area contributed by atoms with Crippen LogP contribution in [0.4, 0.5) is 11.4 Å². The number of hydrogen-bond donors (Lipinski definition) is 0. The summed E-state index contributed by atoms with van der Waals surface area (Å²) in [5, 5.41) is 0. The predicted octanol–water partition coefficient (Wildman–Crippen LogP) is 7.36. The second-order valence-electron chi connectivity index (χ2n) is 7.21. The third kappa shape index (κ3) is 7.81. The molecule has 2 aromatic carbocycles. The monoisotopic (exact) mass is 406 g/mol. The first kappa shape index (κ1) is 23.3. The van der Waals surface area contributed by atoms with Crippen LogP contribution in [-0.4, -0.2) is 11.9 Å². The van der Waals surface area contributed by atoms with Crippen molar-refractivity contribution in [3.8, 4) is 0 Å². The van der Waals surface area contributed by atoms with Crippen LogP contribution in [-0.2, 0) is 16.5 Å². The molecule has 0 spiro atoms. The Kier molecular flexibility index (Phi) is 10.3. The maximum atomic E-state index is 4.88. The van der Waals surface area contributed by atoms with E-state index in [1.165, 1.54) is 41.5 Å². The second-order valence-corrected chi connectivity index (χ2v) is 7.21. The molecule has 0 radical (unpaired) electrons. The molecule has 0 bridgehead atoms. The summed E-state index contributed by atoms with van der Waals surface area (Å²) in [5.41, 5.74) is 8.23. The molecule has 0 amide bonds. The van der Waals surface area contributed by atoms with Gasteiger partial charge in [0.2, 0.25) is 0 Å². The Bertz CT molecular complexity index is 791. The van der Waals surface area contributed by atoms with Crippen LogP contribution in [0.5, 0.6) is 0 Å². The van der Waals surface area contributed by atoms with Crippen LogP contribution in [0, 0.1) is 27.7 Å². The fourth-order valence-electron chi connectivity index (χ4n) is 2.80. The number of rotatable bonds is 8. The van der Waals surface area contributed by atoms with E-state index in [-0.39, 0.29) is 16.5 Å². The van der Waals surface area contributed by atoms with E-state index in [0.29, 0.717) is 0 Å². The van der Waals surface area contributed by atoms with Crippen molar-refractivity contribution in [3.05, 3.63) is 58.7 Å². The first-order valence-corrected chi connectivity index (χ1v) is 9.75. The number of hydrogen-bond acceptors (Lipinski definition) is 2. The van der Waals surface area contributed by atoms with Crippen LogP contribution < -0.4 is 0 Å². The molecule has 0 aliphatic heterocycles. The van der Waals surface area contributed by atoms with E-state index < -0.39 is 0 Å². The number of benzene rings is 2. The molecule has 0 unspecified atom stereocenters. The molecule has 0 aliphatic carbocycles. The minimum Gasteiger partial charge on any atom is -0.255 e. The minimum absolute atomic E-state index is 0. The van der Waals surface area contributed by atoms with Gasteiger partial charge in [-0.3, -0.25) is 9.98 Å². The van der Waals surface area contributed by atoms with Gasteiger partial charge in [0.1, 0.15) is 0 Å². The Morgan fingerprint density at radius 3 is 1.96 bits per heavy atom. The van der Waals surface area contributed by atoms with Gasteiger partial charge >= 0.3 is 0 Å². The third-order valence-corrected chi connectivity index (χ3v) is 4.90. The molecule has 0 atom stereocenters. The smallest absolute Gasteiger partial charge is 0.0636 e. The van der Waals surface area contributed by atoms with Gasteiger partial charge in [0, 0.05) is 22.7 Å². The molecule has 0 saturated carbocycles. The van der Waals surface area contributed by atoms with Crippen LogP contribution in [0.25, 0.3) is 0 Å². The molecule has 0 N–H and O–H groups in total. The Hall–Kier alpha value is -1.73. The van der Waals surface area contributed by atoms with Crippen molar-refractivity contribution in [2.75, 3.05) is 0 Å². The van der Waals surface area contributed by atoms with Gasteiger partial charge < -0.3 is 0 Å². The first-order valence-electron chi connectivity index (χ1n) is 9.75. The van der Waals surface area contributed by atoms with Gasteiger partial charge in [0.25, 0.3) is 0 Å². The zero-order valence-corrected chi connectivity index (χ0v) is 18.3. The van der Waals surface area contributed by atoms with Gasteiger partial charge in [-0.15, -0.1) is 0 Å². The molecule has 2 aromatic rings. The van der Waals surface area contributed by atoms with Crippen molar-refractivity contribution in [1.82, 2.24) is 0 Å². The van der Waals surface area contributed by atoms with E-state index in [1.54, 1.807) is 0 Å². The third-order valence-electron chi connectivity index (χ3n) is 4.90. The zero-order chi connectivity index (χ0) is 18.9. The molecule has 3 heteroatoms. The summed E-state index contributed by atoms with van der Waals surface area (Å²) < 4.78 is 0. The molecule has 2 rings (SSSR count). The Morgan fingerprint density at radius 1 is 0.778 bits per heavy atom. The average molecular weight is 407 g/mol. The largest absolute Gasteiger partial charge is 0.255 e. The quantitative estimate of drug-likeness (QED) is 0.248. The van der Waals surface area contributed by atoms with Crippen molar-refractivity contribution in [2.45, 2.75) is 66.7 Å². The summed E-state index contributed by atoms with van der Waals surface area (Å²) in [5.74, 6) is 0. The van der Waals surface area contributed by atoms with E-state index >= 15 is 0 Å². The first-order chi connectivity index (χ1) is 12.5. The summed E-state index contributed by atoms with van der Waals surface area (Å²) in [6.07, 6.45) is 7.87. The van der Waals surface area contributed by atoms with E-state index in [4.69, 9.17) is 4.99 Å². The molecule has 2 nitrogen and oxygen atoms in total. The number of unbranched alkanes of at least 4 members (excludes halogenated alkanes) is 3.